The number of likely N-dealkylation sites (tertiary alicyclic amines) is 2. The topological polar surface area (TPSA) is 89.5 Å². The third kappa shape index (κ3) is 2.46. The summed E-state index contributed by atoms with van der Waals surface area (Å²) in [6.07, 6.45) is 7.64. The number of fused-ring (bicyclic) bond motifs is 1. The van der Waals surface area contributed by atoms with Crippen LogP contribution in [-0.4, -0.2) is 68.3 Å². The van der Waals surface area contributed by atoms with Gasteiger partial charge in [0.2, 0.25) is 0 Å². The van der Waals surface area contributed by atoms with Crippen molar-refractivity contribution in [3.8, 4) is 0 Å². The van der Waals surface area contributed by atoms with Gasteiger partial charge in [-0.25, -0.2) is 5.10 Å². The van der Waals surface area contributed by atoms with Crippen molar-refractivity contribution in [3.63, 3.8) is 0 Å². The first-order valence-corrected chi connectivity index (χ1v) is 13.4. The van der Waals surface area contributed by atoms with Crippen molar-refractivity contribution in [1.29, 1.82) is 0 Å². The monoisotopic (exact) mass is 472 g/mol. The maximum absolute atomic E-state index is 13.6. The molecule has 7 heteroatoms. The van der Waals surface area contributed by atoms with E-state index in [1.54, 1.807) is 0 Å². The Morgan fingerprint density at radius 2 is 2.00 bits per heavy atom. The van der Waals surface area contributed by atoms with Crippen molar-refractivity contribution in [2.75, 3.05) is 19.6 Å². The van der Waals surface area contributed by atoms with Gasteiger partial charge in [-0.2, -0.15) is 5.10 Å². The van der Waals surface area contributed by atoms with Crippen LogP contribution >= 0.6 is 0 Å². The maximum Gasteiger partial charge on any atom is 0.274 e. The standard InChI is InChI=1S/C28H32N4O3/c33-23-8-7-20(29-30-23)25(34)32-16-27(35)15-26-10-9-21(32)24(27)28(26)11-12-31(14-17-5-6-17)22(26)13-18-3-1-2-4-19(18)28/h1-4,7-8,17,21-22,24,35H,5-6,9-16H2,(H,30,33)/t21-,22-,24+,26-,27-,28+/m1/s1. The number of benzene rings is 1. The number of H-pyrrole nitrogens is 1. The largest absolute Gasteiger partial charge is 0.388 e. The smallest absolute Gasteiger partial charge is 0.274 e. The SMILES string of the molecule is O=C(c1ccc(=O)[nH]n1)N1C[C@]2(O)C[C@@]34CC[C@@H]1[C@@H]2[C@@]31CCN(CC2CC2)[C@@H]4Cc2ccccc21. The Morgan fingerprint density at radius 3 is 2.80 bits per heavy atom. The molecule has 6 aliphatic rings. The highest BCUT2D eigenvalue weighted by Gasteiger charge is 2.80. The number of nitrogens with zero attached hydrogens (tertiary/aromatic N) is 3. The summed E-state index contributed by atoms with van der Waals surface area (Å²) >= 11 is 0. The van der Waals surface area contributed by atoms with E-state index in [4.69, 9.17) is 0 Å². The molecule has 8 rings (SSSR count). The maximum atomic E-state index is 13.6. The lowest BCUT2D eigenvalue weighted by molar-refractivity contribution is -0.102. The minimum absolute atomic E-state index is 0.00126. The Labute approximate surface area is 204 Å². The molecule has 2 saturated heterocycles. The number of carbonyl (C=O) groups is 1. The molecule has 35 heavy (non-hydrogen) atoms. The van der Waals surface area contributed by atoms with Gasteiger partial charge < -0.3 is 10.0 Å². The molecule has 2 aliphatic heterocycles. The number of nitrogens with one attached hydrogen (secondary N) is 1. The van der Waals surface area contributed by atoms with Gasteiger partial charge in [0.1, 0.15) is 5.69 Å². The first kappa shape index (κ1) is 20.7. The van der Waals surface area contributed by atoms with Gasteiger partial charge in [-0.15, -0.1) is 0 Å². The summed E-state index contributed by atoms with van der Waals surface area (Å²) in [5, 5.41) is 18.8. The average Bonchev–Trinajstić information content (AvgIpc) is 3.59. The van der Waals surface area contributed by atoms with Crippen molar-refractivity contribution in [2.45, 2.75) is 68.0 Å². The van der Waals surface area contributed by atoms with Crippen molar-refractivity contribution >= 4 is 5.91 Å². The molecule has 4 aliphatic carbocycles. The van der Waals surface area contributed by atoms with Gasteiger partial charge in [0, 0.05) is 36.0 Å². The van der Waals surface area contributed by atoms with Crippen LogP contribution in [0, 0.1) is 17.3 Å². The Bertz CT molecular complexity index is 1280. The second-order valence-corrected chi connectivity index (χ2v) is 12.3. The highest BCUT2D eigenvalue weighted by atomic mass is 16.3. The number of hydrogen-bond acceptors (Lipinski definition) is 5. The minimum Gasteiger partial charge on any atom is -0.388 e. The van der Waals surface area contributed by atoms with Gasteiger partial charge in [0.05, 0.1) is 12.1 Å². The van der Waals surface area contributed by atoms with Gasteiger partial charge in [0.15, 0.2) is 0 Å². The average molecular weight is 473 g/mol. The Morgan fingerprint density at radius 1 is 1.14 bits per heavy atom. The summed E-state index contributed by atoms with van der Waals surface area (Å²) < 4.78 is 0. The van der Waals surface area contributed by atoms with Gasteiger partial charge in [-0.05, 0) is 80.0 Å². The molecule has 1 aromatic carbocycles. The molecule has 1 aromatic heterocycles. The number of β-amino-alcohol motifs (C(OH)–C–C–N with tert-alkyl or cyclic N) is 1. The van der Waals surface area contributed by atoms with Gasteiger partial charge in [-0.1, -0.05) is 24.3 Å². The Kier molecular flexibility index (Phi) is 3.91. The van der Waals surface area contributed by atoms with Gasteiger partial charge >= 0.3 is 0 Å². The zero-order valence-electron chi connectivity index (χ0n) is 19.9. The molecule has 7 nitrogen and oxygen atoms in total. The molecule has 0 spiro atoms. The second kappa shape index (κ2) is 6.62. The fourth-order valence-electron chi connectivity index (χ4n) is 9.79. The highest BCUT2D eigenvalue weighted by molar-refractivity contribution is 5.92. The predicted molar refractivity (Wildman–Crippen MR) is 129 cm³/mol. The van der Waals surface area contributed by atoms with Gasteiger partial charge in [-0.3, -0.25) is 14.5 Å². The lowest BCUT2D eigenvalue weighted by Gasteiger charge is -2.66. The van der Waals surface area contributed by atoms with Crippen LogP contribution in [0.5, 0.6) is 0 Å². The third-order valence-electron chi connectivity index (χ3n) is 10.9. The molecule has 2 N–H and O–H groups in total. The van der Waals surface area contributed by atoms with Crippen LogP contribution in [-0.2, 0) is 11.8 Å². The van der Waals surface area contributed by atoms with Crippen LogP contribution in [0.1, 0.15) is 60.1 Å². The number of aliphatic hydroxyl groups is 1. The molecule has 5 fully saturated rings. The molecule has 0 radical (unpaired) electrons. The van der Waals surface area contributed by atoms with Crippen molar-refractivity contribution in [1.82, 2.24) is 20.0 Å². The quantitative estimate of drug-likeness (QED) is 0.714. The molecular formula is C28H32N4O3. The van der Waals surface area contributed by atoms with Crippen molar-refractivity contribution in [3.05, 3.63) is 63.6 Å². The molecule has 2 aromatic rings. The van der Waals surface area contributed by atoms with Gasteiger partial charge in [0.25, 0.3) is 11.5 Å². The lowest BCUT2D eigenvalue weighted by atomic mass is 9.43. The van der Waals surface area contributed by atoms with Crippen molar-refractivity contribution < 1.29 is 9.90 Å². The fourth-order valence-corrected chi connectivity index (χ4v) is 9.79. The van der Waals surface area contributed by atoms with Crippen molar-refractivity contribution in [2.24, 2.45) is 17.3 Å². The fraction of sp³-hybridized carbons (Fsp3) is 0.607. The summed E-state index contributed by atoms with van der Waals surface area (Å²) in [5.41, 5.74) is 1.94. The van der Waals surface area contributed by atoms with Crippen LogP contribution in [0.3, 0.4) is 0 Å². The number of piperidine rings is 1. The third-order valence-corrected chi connectivity index (χ3v) is 10.9. The van der Waals surface area contributed by atoms with Crippen LogP contribution in [0.15, 0.2) is 41.2 Å². The molecule has 4 bridgehead atoms. The normalized spacial score (nSPS) is 40.9. The highest BCUT2D eigenvalue weighted by Crippen LogP contribution is 2.76. The lowest BCUT2D eigenvalue weighted by Crippen LogP contribution is -2.70. The van der Waals surface area contributed by atoms with Crippen LogP contribution < -0.4 is 5.56 Å². The van der Waals surface area contributed by atoms with E-state index in [9.17, 15) is 14.7 Å². The molecular weight excluding hydrogens is 440 g/mol. The van der Waals surface area contributed by atoms with E-state index in [0.717, 1.165) is 44.6 Å². The number of aromatic amines is 1. The Balaban J connectivity index is 1.26. The number of carbonyl (C=O) groups excluding carboxylic acids is 1. The number of aromatic nitrogens is 2. The first-order valence-electron chi connectivity index (χ1n) is 13.4. The molecule has 182 valence electrons. The van der Waals surface area contributed by atoms with Crippen LogP contribution in [0.4, 0.5) is 0 Å². The number of rotatable bonds is 3. The Hall–Kier alpha value is -2.51. The minimum atomic E-state index is -0.885. The molecule has 6 atom stereocenters. The van der Waals surface area contributed by atoms with E-state index < -0.39 is 5.60 Å². The number of hydrogen-bond donors (Lipinski definition) is 2. The molecule has 1 amide bonds. The summed E-state index contributed by atoms with van der Waals surface area (Å²) in [6, 6.07) is 12.3. The van der Waals surface area contributed by atoms with E-state index in [1.165, 1.54) is 42.6 Å². The van der Waals surface area contributed by atoms with E-state index in [1.807, 2.05) is 4.90 Å². The van der Waals surface area contributed by atoms with E-state index in [2.05, 4.69) is 39.4 Å². The summed E-state index contributed by atoms with van der Waals surface area (Å²) in [4.78, 5) is 29.8. The van der Waals surface area contributed by atoms with Crippen LogP contribution in [0.25, 0.3) is 0 Å². The van der Waals surface area contributed by atoms with E-state index >= 15 is 0 Å². The molecule has 3 heterocycles. The van der Waals surface area contributed by atoms with E-state index in [0.29, 0.717) is 12.6 Å². The summed E-state index contributed by atoms with van der Waals surface area (Å²) in [6.45, 7) is 2.66. The zero-order valence-corrected chi connectivity index (χ0v) is 19.9. The second-order valence-electron chi connectivity index (χ2n) is 12.3. The summed E-state index contributed by atoms with van der Waals surface area (Å²) in [5.74, 6) is 0.724. The summed E-state index contributed by atoms with van der Waals surface area (Å²) in [7, 11) is 0. The van der Waals surface area contributed by atoms with Crippen LogP contribution in [0.2, 0.25) is 0 Å². The first-order chi connectivity index (χ1) is 17.0. The molecule has 3 saturated carbocycles. The molecule has 0 unspecified atom stereocenters. The number of amides is 1. The zero-order chi connectivity index (χ0) is 23.6. The van der Waals surface area contributed by atoms with E-state index in [-0.39, 0.29) is 40.0 Å². The predicted octanol–water partition coefficient (Wildman–Crippen LogP) is 2.10.